The molecule has 0 radical (unpaired) electrons. The number of piperidine rings is 1. The van der Waals surface area contributed by atoms with Crippen molar-refractivity contribution in [1.29, 1.82) is 0 Å². The molecular weight excluding hydrogens is 198 g/mol. The number of hydrogen-bond acceptors (Lipinski definition) is 4. The van der Waals surface area contributed by atoms with Crippen molar-refractivity contribution in [2.24, 2.45) is 5.92 Å². The minimum atomic E-state index is -0.107. The van der Waals surface area contributed by atoms with E-state index >= 15 is 0 Å². The Bertz CT molecular complexity index is 157. The second-order valence-electron chi connectivity index (χ2n) is 3.97. The van der Waals surface area contributed by atoms with Gasteiger partial charge in [0.25, 0.3) is 0 Å². The van der Waals surface area contributed by atoms with Crippen LogP contribution in [0.15, 0.2) is 0 Å². The molecule has 0 amide bonds. The third-order valence-corrected chi connectivity index (χ3v) is 2.91. The topological polar surface area (TPSA) is 32.7 Å². The van der Waals surface area contributed by atoms with E-state index in [1.807, 2.05) is 0 Å². The number of aliphatic hydroxyl groups is 1. The lowest BCUT2D eigenvalue weighted by Gasteiger charge is -2.34. The molecule has 0 saturated carbocycles. The molecule has 1 N–H and O–H groups in total. The van der Waals surface area contributed by atoms with E-state index in [2.05, 4.69) is 24.5 Å². The Morgan fingerprint density at radius 2 is 2.29 bits per heavy atom. The molecular formula is C10H21NO2S. The molecule has 1 heterocycles. The summed E-state index contributed by atoms with van der Waals surface area (Å²) in [5.41, 5.74) is 0. The number of hydrogen-bond donors (Lipinski definition) is 2. The van der Waals surface area contributed by atoms with Crippen molar-refractivity contribution in [3.8, 4) is 0 Å². The highest BCUT2D eigenvalue weighted by molar-refractivity contribution is 7.80. The van der Waals surface area contributed by atoms with Gasteiger partial charge in [-0.05, 0) is 12.3 Å². The fourth-order valence-electron chi connectivity index (χ4n) is 1.78. The van der Waals surface area contributed by atoms with Gasteiger partial charge in [-0.1, -0.05) is 6.92 Å². The highest BCUT2D eigenvalue weighted by Crippen LogP contribution is 2.15. The summed E-state index contributed by atoms with van der Waals surface area (Å²) in [4.78, 5) is 2.36. The van der Waals surface area contributed by atoms with Crippen molar-refractivity contribution in [3.63, 3.8) is 0 Å². The van der Waals surface area contributed by atoms with Gasteiger partial charge in [-0.3, -0.25) is 0 Å². The number of thiol groups is 1. The van der Waals surface area contributed by atoms with E-state index in [1.165, 1.54) is 0 Å². The Morgan fingerprint density at radius 3 is 2.93 bits per heavy atom. The number of rotatable bonds is 5. The summed E-state index contributed by atoms with van der Waals surface area (Å²) in [5.74, 6) is 1.18. The molecule has 0 spiro atoms. The second-order valence-corrected chi connectivity index (χ2v) is 4.42. The molecule has 3 nitrogen and oxygen atoms in total. The molecule has 1 aliphatic heterocycles. The van der Waals surface area contributed by atoms with Gasteiger partial charge in [0, 0.05) is 25.4 Å². The van der Waals surface area contributed by atoms with Gasteiger partial charge in [0.2, 0.25) is 0 Å². The van der Waals surface area contributed by atoms with Crippen LogP contribution in [0.2, 0.25) is 0 Å². The first kappa shape index (κ1) is 12.3. The van der Waals surface area contributed by atoms with Crippen LogP contribution in [-0.2, 0) is 4.74 Å². The molecule has 14 heavy (non-hydrogen) atoms. The molecule has 1 fully saturated rings. The summed E-state index contributed by atoms with van der Waals surface area (Å²) in [7, 11) is 0. The maximum atomic E-state index is 9.54. The van der Waals surface area contributed by atoms with Crippen molar-refractivity contribution >= 4 is 12.6 Å². The zero-order valence-electron chi connectivity index (χ0n) is 8.85. The zero-order chi connectivity index (χ0) is 10.4. The molecule has 0 aliphatic carbocycles. The Hall–Kier alpha value is 0.230. The van der Waals surface area contributed by atoms with Crippen LogP contribution in [-0.4, -0.2) is 54.7 Å². The summed E-state index contributed by atoms with van der Waals surface area (Å²) >= 11 is 4.08. The van der Waals surface area contributed by atoms with Crippen LogP contribution in [0, 0.1) is 5.92 Å². The van der Waals surface area contributed by atoms with Gasteiger partial charge in [0.05, 0.1) is 19.3 Å². The molecule has 1 rings (SSSR count). The number of aliphatic hydroxyl groups excluding tert-OH is 1. The number of nitrogens with zero attached hydrogens (tertiary/aromatic N) is 1. The molecule has 0 aromatic rings. The van der Waals surface area contributed by atoms with Crippen LogP contribution in [0.1, 0.15) is 13.3 Å². The molecule has 84 valence electrons. The van der Waals surface area contributed by atoms with E-state index < -0.39 is 0 Å². The Balaban J connectivity index is 2.07. The summed E-state index contributed by atoms with van der Waals surface area (Å²) < 4.78 is 5.37. The van der Waals surface area contributed by atoms with Gasteiger partial charge >= 0.3 is 0 Å². The van der Waals surface area contributed by atoms with Crippen LogP contribution < -0.4 is 0 Å². The van der Waals surface area contributed by atoms with E-state index in [1.54, 1.807) is 0 Å². The maximum Gasteiger partial charge on any atom is 0.0593 e. The highest BCUT2D eigenvalue weighted by Gasteiger charge is 2.23. The number of ether oxygens (including phenoxy) is 1. The molecule has 0 bridgehead atoms. The van der Waals surface area contributed by atoms with Crippen LogP contribution in [0.3, 0.4) is 0 Å². The lowest BCUT2D eigenvalue weighted by Crippen LogP contribution is -2.43. The smallest absolute Gasteiger partial charge is 0.0593 e. The van der Waals surface area contributed by atoms with Crippen molar-refractivity contribution in [1.82, 2.24) is 4.90 Å². The fraction of sp³-hybridized carbons (Fsp3) is 1.00. The Morgan fingerprint density at radius 1 is 1.50 bits per heavy atom. The van der Waals surface area contributed by atoms with Gasteiger partial charge in [-0.15, -0.1) is 0 Å². The molecule has 1 saturated heterocycles. The first-order chi connectivity index (χ1) is 6.74. The fourth-order valence-corrected chi connectivity index (χ4v) is 1.91. The summed E-state index contributed by atoms with van der Waals surface area (Å²) in [6, 6.07) is 0. The van der Waals surface area contributed by atoms with Gasteiger partial charge in [-0.2, -0.15) is 12.6 Å². The van der Waals surface area contributed by atoms with Gasteiger partial charge in [-0.25, -0.2) is 0 Å². The first-order valence-electron chi connectivity index (χ1n) is 5.33. The van der Waals surface area contributed by atoms with E-state index in [9.17, 15) is 5.11 Å². The Labute approximate surface area is 91.8 Å². The summed E-state index contributed by atoms with van der Waals surface area (Å²) in [6.07, 6.45) is 0.790. The Kier molecular flexibility index (Phi) is 5.86. The first-order valence-corrected chi connectivity index (χ1v) is 5.96. The van der Waals surface area contributed by atoms with Crippen LogP contribution in [0.4, 0.5) is 0 Å². The molecule has 2 atom stereocenters. The van der Waals surface area contributed by atoms with Crippen molar-refractivity contribution in [3.05, 3.63) is 0 Å². The minimum Gasteiger partial charge on any atom is -0.393 e. The standard InChI is InChI=1S/C10H21NO2S/c1-9-8-11(3-2-10(9)12)4-5-13-6-7-14/h9-10,12,14H,2-8H2,1H3. The van der Waals surface area contributed by atoms with Gasteiger partial charge < -0.3 is 14.7 Å². The molecule has 0 aromatic carbocycles. The lowest BCUT2D eigenvalue weighted by molar-refractivity contribution is 0.0218. The largest absolute Gasteiger partial charge is 0.393 e. The average Bonchev–Trinajstić information content (AvgIpc) is 2.18. The SMILES string of the molecule is CC1CN(CCOCCS)CCC1O. The average molecular weight is 219 g/mol. The van der Waals surface area contributed by atoms with E-state index in [-0.39, 0.29) is 6.10 Å². The zero-order valence-corrected chi connectivity index (χ0v) is 9.75. The lowest BCUT2D eigenvalue weighted by atomic mass is 9.97. The summed E-state index contributed by atoms with van der Waals surface area (Å²) in [5, 5.41) is 9.54. The van der Waals surface area contributed by atoms with E-state index in [4.69, 9.17) is 4.74 Å². The summed E-state index contributed by atoms with van der Waals surface area (Å²) in [6.45, 7) is 6.58. The second kappa shape index (κ2) is 6.67. The van der Waals surface area contributed by atoms with Crippen molar-refractivity contribution in [2.45, 2.75) is 19.4 Å². The normalized spacial score (nSPS) is 29.4. The van der Waals surface area contributed by atoms with Gasteiger partial charge in [0.1, 0.15) is 0 Å². The van der Waals surface area contributed by atoms with E-state index in [0.29, 0.717) is 5.92 Å². The highest BCUT2D eigenvalue weighted by atomic mass is 32.1. The molecule has 2 unspecified atom stereocenters. The third-order valence-electron chi connectivity index (χ3n) is 2.73. The molecule has 4 heteroatoms. The predicted molar refractivity (Wildman–Crippen MR) is 60.9 cm³/mol. The number of likely N-dealkylation sites (tertiary alicyclic amines) is 1. The van der Waals surface area contributed by atoms with Crippen molar-refractivity contribution < 1.29 is 9.84 Å². The quantitative estimate of drug-likeness (QED) is 0.526. The van der Waals surface area contributed by atoms with E-state index in [0.717, 1.165) is 45.0 Å². The van der Waals surface area contributed by atoms with Crippen LogP contribution >= 0.6 is 12.6 Å². The monoisotopic (exact) mass is 219 g/mol. The predicted octanol–water partition coefficient (Wildman–Crippen LogP) is 0.635. The van der Waals surface area contributed by atoms with Crippen LogP contribution in [0.25, 0.3) is 0 Å². The third kappa shape index (κ3) is 4.17. The molecule has 0 aromatic heterocycles. The van der Waals surface area contributed by atoms with Crippen LogP contribution in [0.5, 0.6) is 0 Å². The van der Waals surface area contributed by atoms with Gasteiger partial charge in [0.15, 0.2) is 0 Å². The maximum absolute atomic E-state index is 9.54. The van der Waals surface area contributed by atoms with Crippen molar-refractivity contribution in [2.75, 3.05) is 38.6 Å². The minimum absolute atomic E-state index is 0.107. The molecule has 1 aliphatic rings.